The zero-order valence-electron chi connectivity index (χ0n) is 19.9. The molecule has 1 N–H and O–H groups in total. The standard InChI is InChI=1S/C29H30N4O2/c1-21-12-14-24(15-13-21)28-30-26(35-32-28)20-33-18-16-25(17-19-33)29(34)31-27(22-8-4-2-5-9-22)23-10-6-3-7-11-23/h2-15,25,27H,16-20H2,1H3,(H,31,34). The van der Waals surface area contributed by atoms with Gasteiger partial charge in [-0.15, -0.1) is 0 Å². The summed E-state index contributed by atoms with van der Waals surface area (Å²) in [6.45, 7) is 4.30. The number of hydrogen-bond acceptors (Lipinski definition) is 5. The Morgan fingerprint density at radius 1 is 0.943 bits per heavy atom. The third-order valence-corrected chi connectivity index (χ3v) is 6.65. The molecule has 0 spiro atoms. The van der Waals surface area contributed by atoms with Gasteiger partial charge in [0.2, 0.25) is 17.6 Å². The molecule has 1 amide bonds. The van der Waals surface area contributed by atoms with Crippen LogP contribution in [-0.4, -0.2) is 34.0 Å². The Bertz CT molecular complexity index is 1190. The van der Waals surface area contributed by atoms with E-state index in [1.54, 1.807) is 0 Å². The molecule has 0 atom stereocenters. The molecule has 1 aliphatic rings. The number of amides is 1. The van der Waals surface area contributed by atoms with Crippen molar-refractivity contribution in [2.24, 2.45) is 5.92 Å². The number of carbonyl (C=O) groups excluding carboxylic acids is 1. The van der Waals surface area contributed by atoms with Crippen LogP contribution in [0.15, 0.2) is 89.5 Å². The highest BCUT2D eigenvalue weighted by Crippen LogP contribution is 2.25. The molecule has 35 heavy (non-hydrogen) atoms. The molecule has 2 heterocycles. The topological polar surface area (TPSA) is 71.3 Å². The Kier molecular flexibility index (Phi) is 7.00. The largest absolute Gasteiger partial charge is 0.345 e. The monoisotopic (exact) mass is 466 g/mol. The molecule has 1 saturated heterocycles. The van der Waals surface area contributed by atoms with Crippen molar-refractivity contribution >= 4 is 5.91 Å². The smallest absolute Gasteiger partial charge is 0.241 e. The van der Waals surface area contributed by atoms with Crippen LogP contribution >= 0.6 is 0 Å². The second-order valence-electron chi connectivity index (χ2n) is 9.19. The van der Waals surface area contributed by atoms with E-state index in [0.717, 1.165) is 42.6 Å². The van der Waals surface area contributed by atoms with Crippen molar-refractivity contribution in [2.75, 3.05) is 13.1 Å². The minimum atomic E-state index is -0.151. The van der Waals surface area contributed by atoms with Gasteiger partial charge in [0.25, 0.3) is 0 Å². The van der Waals surface area contributed by atoms with Crippen LogP contribution < -0.4 is 5.32 Å². The lowest BCUT2D eigenvalue weighted by molar-refractivity contribution is -0.127. The number of piperidine rings is 1. The lowest BCUT2D eigenvalue weighted by Crippen LogP contribution is -2.41. The predicted molar refractivity (Wildman–Crippen MR) is 135 cm³/mol. The second-order valence-corrected chi connectivity index (χ2v) is 9.19. The van der Waals surface area contributed by atoms with Gasteiger partial charge >= 0.3 is 0 Å². The van der Waals surface area contributed by atoms with Crippen LogP contribution in [0.25, 0.3) is 11.4 Å². The van der Waals surface area contributed by atoms with Crippen LogP contribution in [0.1, 0.15) is 41.5 Å². The quantitative estimate of drug-likeness (QED) is 0.407. The summed E-state index contributed by atoms with van der Waals surface area (Å²) in [5.74, 6) is 1.33. The molecule has 3 aromatic carbocycles. The van der Waals surface area contributed by atoms with Crippen LogP contribution in [0.3, 0.4) is 0 Å². The Morgan fingerprint density at radius 3 is 2.14 bits per heavy atom. The van der Waals surface area contributed by atoms with Crippen molar-refractivity contribution in [1.82, 2.24) is 20.4 Å². The van der Waals surface area contributed by atoms with Gasteiger partial charge in [0.15, 0.2) is 0 Å². The number of aryl methyl sites for hydroxylation is 1. The third-order valence-electron chi connectivity index (χ3n) is 6.65. The third kappa shape index (κ3) is 5.66. The van der Waals surface area contributed by atoms with Crippen molar-refractivity contribution in [3.63, 3.8) is 0 Å². The Balaban J connectivity index is 1.18. The molecule has 178 valence electrons. The molecule has 0 aliphatic carbocycles. The fraction of sp³-hybridized carbons (Fsp3) is 0.276. The van der Waals surface area contributed by atoms with Gasteiger partial charge in [-0.05, 0) is 44.0 Å². The predicted octanol–water partition coefficient (Wildman–Crippen LogP) is 5.16. The van der Waals surface area contributed by atoms with E-state index in [0.29, 0.717) is 18.3 Å². The van der Waals surface area contributed by atoms with E-state index in [1.807, 2.05) is 60.7 Å². The molecule has 0 bridgehead atoms. The summed E-state index contributed by atoms with van der Waals surface area (Å²) < 4.78 is 5.49. The number of nitrogens with zero attached hydrogens (tertiary/aromatic N) is 3. The summed E-state index contributed by atoms with van der Waals surface area (Å²) in [5, 5.41) is 7.45. The molecule has 1 fully saturated rings. The van der Waals surface area contributed by atoms with Gasteiger partial charge in [-0.1, -0.05) is 95.6 Å². The van der Waals surface area contributed by atoms with Gasteiger partial charge in [0, 0.05) is 11.5 Å². The molecule has 5 rings (SSSR count). The molecule has 0 unspecified atom stereocenters. The maximum absolute atomic E-state index is 13.2. The van der Waals surface area contributed by atoms with E-state index in [4.69, 9.17) is 4.52 Å². The number of carbonyl (C=O) groups is 1. The van der Waals surface area contributed by atoms with E-state index in [9.17, 15) is 4.79 Å². The lowest BCUT2D eigenvalue weighted by atomic mass is 9.93. The number of likely N-dealkylation sites (tertiary alicyclic amines) is 1. The number of rotatable bonds is 7. The minimum Gasteiger partial charge on any atom is -0.345 e. The zero-order valence-corrected chi connectivity index (χ0v) is 19.9. The van der Waals surface area contributed by atoms with E-state index >= 15 is 0 Å². The highest BCUT2D eigenvalue weighted by molar-refractivity contribution is 5.79. The fourth-order valence-electron chi connectivity index (χ4n) is 4.59. The van der Waals surface area contributed by atoms with Gasteiger partial charge < -0.3 is 9.84 Å². The highest BCUT2D eigenvalue weighted by Gasteiger charge is 2.28. The van der Waals surface area contributed by atoms with Crippen molar-refractivity contribution in [3.05, 3.63) is 108 Å². The van der Waals surface area contributed by atoms with Gasteiger partial charge in [-0.3, -0.25) is 9.69 Å². The van der Waals surface area contributed by atoms with Crippen molar-refractivity contribution in [1.29, 1.82) is 0 Å². The van der Waals surface area contributed by atoms with E-state index in [-0.39, 0.29) is 17.9 Å². The van der Waals surface area contributed by atoms with E-state index in [2.05, 4.69) is 51.5 Å². The molecule has 6 nitrogen and oxygen atoms in total. The summed E-state index contributed by atoms with van der Waals surface area (Å²) >= 11 is 0. The molecule has 1 aliphatic heterocycles. The number of hydrogen-bond donors (Lipinski definition) is 1. The summed E-state index contributed by atoms with van der Waals surface area (Å²) in [6, 6.07) is 28.2. The Labute approximate surface area is 206 Å². The van der Waals surface area contributed by atoms with Crippen LogP contribution in [0.5, 0.6) is 0 Å². The maximum atomic E-state index is 13.2. The second kappa shape index (κ2) is 10.7. The first-order chi connectivity index (χ1) is 17.2. The average Bonchev–Trinajstić information content (AvgIpc) is 3.37. The first-order valence-electron chi connectivity index (χ1n) is 12.2. The molecule has 4 aromatic rings. The normalized spacial score (nSPS) is 14.8. The maximum Gasteiger partial charge on any atom is 0.241 e. The number of nitrogens with one attached hydrogen (secondary N) is 1. The highest BCUT2D eigenvalue weighted by atomic mass is 16.5. The summed E-state index contributed by atoms with van der Waals surface area (Å²) in [7, 11) is 0. The van der Waals surface area contributed by atoms with Gasteiger partial charge in [0.05, 0.1) is 12.6 Å². The summed E-state index contributed by atoms with van der Waals surface area (Å²) in [6.07, 6.45) is 1.61. The molecule has 0 radical (unpaired) electrons. The van der Waals surface area contributed by atoms with Gasteiger partial charge in [0.1, 0.15) is 0 Å². The van der Waals surface area contributed by atoms with Crippen molar-refractivity contribution in [3.8, 4) is 11.4 Å². The van der Waals surface area contributed by atoms with Crippen molar-refractivity contribution in [2.45, 2.75) is 32.4 Å². The molecular formula is C29H30N4O2. The minimum absolute atomic E-state index is 0.00743. The van der Waals surface area contributed by atoms with E-state index in [1.165, 1.54) is 5.56 Å². The van der Waals surface area contributed by atoms with Gasteiger partial charge in [-0.25, -0.2) is 0 Å². The summed E-state index contributed by atoms with van der Waals surface area (Å²) in [4.78, 5) is 20.1. The molecule has 1 aromatic heterocycles. The van der Waals surface area contributed by atoms with Crippen LogP contribution in [0, 0.1) is 12.8 Å². The Morgan fingerprint density at radius 2 is 1.54 bits per heavy atom. The molecule has 6 heteroatoms. The van der Waals surface area contributed by atoms with Crippen LogP contribution in [0.2, 0.25) is 0 Å². The number of aromatic nitrogens is 2. The Hall–Kier alpha value is -3.77. The zero-order chi connectivity index (χ0) is 24.0. The molecule has 0 saturated carbocycles. The average molecular weight is 467 g/mol. The van der Waals surface area contributed by atoms with Crippen LogP contribution in [0.4, 0.5) is 0 Å². The first kappa shape index (κ1) is 23.0. The first-order valence-corrected chi connectivity index (χ1v) is 12.2. The van der Waals surface area contributed by atoms with E-state index < -0.39 is 0 Å². The van der Waals surface area contributed by atoms with Gasteiger partial charge in [-0.2, -0.15) is 4.98 Å². The lowest BCUT2D eigenvalue weighted by Gasteiger charge is -2.31. The SMILES string of the molecule is Cc1ccc(-c2noc(CN3CCC(C(=O)NC(c4ccccc4)c4ccccc4)CC3)n2)cc1. The van der Waals surface area contributed by atoms with Crippen LogP contribution in [-0.2, 0) is 11.3 Å². The fourth-order valence-corrected chi connectivity index (χ4v) is 4.59. The molecular weight excluding hydrogens is 436 g/mol. The summed E-state index contributed by atoms with van der Waals surface area (Å²) in [5.41, 5.74) is 4.33. The number of benzene rings is 3. The van der Waals surface area contributed by atoms with Crippen molar-refractivity contribution < 1.29 is 9.32 Å².